The average Bonchev–Trinajstić information content (AvgIpc) is 2.58. The number of hydrogen-bond acceptors (Lipinski definition) is 3. The van der Waals surface area contributed by atoms with Crippen molar-refractivity contribution in [3.8, 4) is 0 Å². The molecule has 0 radical (unpaired) electrons. The van der Waals surface area contributed by atoms with Gasteiger partial charge >= 0.3 is 0 Å². The highest BCUT2D eigenvalue weighted by Crippen LogP contribution is 2.16. The van der Waals surface area contributed by atoms with E-state index in [1.54, 1.807) is 0 Å². The number of nitrogens with two attached hydrogens (primary N) is 1. The molecule has 0 aliphatic carbocycles. The van der Waals surface area contributed by atoms with Crippen molar-refractivity contribution in [3.05, 3.63) is 0 Å². The average molecular weight is 339 g/mol. The third kappa shape index (κ3) is 7.66. The highest BCUT2D eigenvalue weighted by Gasteiger charge is 2.24. The fraction of sp³-hybridized carbons (Fsp3) is 0.824. The van der Waals surface area contributed by atoms with Gasteiger partial charge in [0.15, 0.2) is 5.96 Å². The number of nitrogens with one attached hydrogen (secondary N) is 2. The maximum Gasteiger partial charge on any atom is 0.221 e. The van der Waals surface area contributed by atoms with Gasteiger partial charge < -0.3 is 21.3 Å². The molecule has 1 heterocycles. The van der Waals surface area contributed by atoms with Crippen LogP contribution in [0.4, 0.5) is 0 Å². The Bertz CT molecular complexity index is 417. The first-order chi connectivity index (χ1) is 11.6. The van der Waals surface area contributed by atoms with Gasteiger partial charge in [-0.25, -0.2) is 0 Å². The van der Waals surface area contributed by atoms with E-state index in [1.807, 2.05) is 6.92 Å². The van der Waals surface area contributed by atoms with Crippen LogP contribution >= 0.6 is 0 Å². The lowest BCUT2D eigenvalue weighted by molar-refractivity contribution is -0.123. The summed E-state index contributed by atoms with van der Waals surface area (Å²) >= 11 is 0. The number of aliphatic imine (C=N–C) groups is 1. The van der Waals surface area contributed by atoms with Crippen molar-refractivity contribution in [1.82, 2.24) is 15.5 Å². The molecule has 1 saturated heterocycles. The molecular formula is C17H33N5O2. The number of unbranched alkanes of at least 4 members (excludes halogenated alkanes) is 1. The molecule has 7 heteroatoms. The lowest BCUT2D eigenvalue weighted by atomic mass is 9.96. The minimum atomic E-state index is -0.209. The second-order valence-electron chi connectivity index (χ2n) is 6.25. The number of guanidine groups is 1. The van der Waals surface area contributed by atoms with Crippen LogP contribution in [-0.2, 0) is 9.59 Å². The number of rotatable bonds is 9. The monoisotopic (exact) mass is 339 g/mol. The smallest absolute Gasteiger partial charge is 0.221 e. The Morgan fingerprint density at radius 2 is 1.83 bits per heavy atom. The fourth-order valence-corrected chi connectivity index (χ4v) is 2.63. The predicted molar refractivity (Wildman–Crippen MR) is 96.6 cm³/mol. The highest BCUT2D eigenvalue weighted by atomic mass is 16.2. The van der Waals surface area contributed by atoms with Crippen molar-refractivity contribution < 1.29 is 9.59 Å². The largest absolute Gasteiger partial charge is 0.369 e. The normalized spacial score (nSPS) is 16.1. The molecule has 1 rings (SSSR count). The molecule has 0 aromatic heterocycles. The number of hydrogen-bond donors (Lipinski definition) is 3. The molecule has 0 aromatic rings. The summed E-state index contributed by atoms with van der Waals surface area (Å²) in [6.45, 7) is 7.77. The molecule has 138 valence electrons. The van der Waals surface area contributed by atoms with E-state index in [1.165, 1.54) is 0 Å². The number of nitrogens with zero attached hydrogens (tertiary/aromatic N) is 2. The maximum absolute atomic E-state index is 11.7. The number of piperidine rings is 1. The summed E-state index contributed by atoms with van der Waals surface area (Å²) < 4.78 is 0. The molecule has 0 saturated carbocycles. The molecular weight excluding hydrogens is 306 g/mol. The van der Waals surface area contributed by atoms with Crippen molar-refractivity contribution in [3.63, 3.8) is 0 Å². The first kappa shape index (κ1) is 20.3. The Labute approximate surface area is 145 Å². The first-order valence-corrected chi connectivity index (χ1v) is 9.17. The van der Waals surface area contributed by atoms with E-state index in [0.29, 0.717) is 13.0 Å². The first-order valence-electron chi connectivity index (χ1n) is 9.17. The predicted octanol–water partition coefficient (Wildman–Crippen LogP) is 0.846. The summed E-state index contributed by atoms with van der Waals surface area (Å²) in [5, 5.41) is 6.17. The summed E-state index contributed by atoms with van der Waals surface area (Å²) in [6, 6.07) is 0. The molecule has 0 atom stereocenters. The minimum Gasteiger partial charge on any atom is -0.369 e. The Morgan fingerprint density at radius 3 is 2.42 bits per heavy atom. The molecule has 0 aromatic carbocycles. The highest BCUT2D eigenvalue weighted by molar-refractivity contribution is 5.82. The van der Waals surface area contributed by atoms with Crippen molar-refractivity contribution in [2.24, 2.45) is 16.6 Å². The van der Waals surface area contributed by atoms with Gasteiger partial charge in [-0.1, -0.05) is 20.3 Å². The lowest BCUT2D eigenvalue weighted by Gasteiger charge is -2.33. The summed E-state index contributed by atoms with van der Waals surface area (Å²) in [7, 11) is 0. The number of amides is 2. The number of carbonyl (C=O) groups is 2. The number of primary amides is 1. The van der Waals surface area contributed by atoms with Gasteiger partial charge in [0.2, 0.25) is 11.8 Å². The van der Waals surface area contributed by atoms with Crippen molar-refractivity contribution in [2.45, 2.75) is 52.4 Å². The molecule has 2 amide bonds. The van der Waals surface area contributed by atoms with E-state index in [-0.39, 0.29) is 17.7 Å². The van der Waals surface area contributed by atoms with E-state index < -0.39 is 0 Å². The van der Waals surface area contributed by atoms with Gasteiger partial charge in [0.05, 0.1) is 0 Å². The SMILES string of the molecule is CCCCN=C(NCCC(=O)NCCC)N1CCC(C(N)=O)CC1. The van der Waals surface area contributed by atoms with Crippen LogP contribution < -0.4 is 16.4 Å². The molecule has 1 aliphatic rings. The van der Waals surface area contributed by atoms with Crippen molar-refractivity contribution in [1.29, 1.82) is 0 Å². The zero-order chi connectivity index (χ0) is 17.8. The molecule has 4 N–H and O–H groups in total. The standard InChI is InChI=1S/C17H33N5O2/c1-3-5-10-20-17(21-11-6-15(23)19-9-4-2)22-12-7-14(8-13-22)16(18)24/h14H,3-13H2,1-2H3,(H2,18,24)(H,19,23)(H,20,21). The van der Waals surface area contributed by atoms with Gasteiger partial charge in [0.1, 0.15) is 0 Å². The zero-order valence-corrected chi connectivity index (χ0v) is 15.1. The van der Waals surface area contributed by atoms with Crippen molar-refractivity contribution >= 4 is 17.8 Å². The van der Waals surface area contributed by atoms with Crippen LogP contribution in [0.3, 0.4) is 0 Å². The van der Waals surface area contributed by atoms with Crippen LogP contribution in [-0.4, -0.2) is 55.4 Å². The van der Waals surface area contributed by atoms with Gasteiger partial charge in [-0.2, -0.15) is 0 Å². The van der Waals surface area contributed by atoms with E-state index in [9.17, 15) is 9.59 Å². The summed E-state index contributed by atoms with van der Waals surface area (Å²) in [5.41, 5.74) is 5.39. The van der Waals surface area contributed by atoms with Crippen LogP contribution in [0, 0.1) is 5.92 Å². The zero-order valence-electron chi connectivity index (χ0n) is 15.1. The van der Waals surface area contributed by atoms with E-state index in [0.717, 1.165) is 64.2 Å². The summed E-state index contributed by atoms with van der Waals surface area (Å²) in [4.78, 5) is 29.8. The molecule has 0 spiro atoms. The molecule has 24 heavy (non-hydrogen) atoms. The molecule has 1 aliphatic heterocycles. The summed E-state index contributed by atoms with van der Waals surface area (Å²) in [6.07, 6.45) is 5.05. The van der Waals surface area contributed by atoms with Gasteiger partial charge in [-0.15, -0.1) is 0 Å². The summed E-state index contributed by atoms with van der Waals surface area (Å²) in [5.74, 6) is 0.664. The Kier molecular flexibility index (Phi) is 9.88. The second-order valence-corrected chi connectivity index (χ2v) is 6.25. The van der Waals surface area contributed by atoms with Crippen LogP contribution in [0.2, 0.25) is 0 Å². The number of carbonyl (C=O) groups excluding carboxylic acids is 2. The van der Waals surface area contributed by atoms with Crippen molar-refractivity contribution in [2.75, 3.05) is 32.7 Å². The number of likely N-dealkylation sites (tertiary alicyclic amines) is 1. The quantitative estimate of drug-likeness (QED) is 0.329. The second kappa shape index (κ2) is 11.7. The Balaban J connectivity index is 2.47. The fourth-order valence-electron chi connectivity index (χ4n) is 2.63. The van der Waals surface area contributed by atoms with Crippen LogP contribution in [0.15, 0.2) is 4.99 Å². The van der Waals surface area contributed by atoms with Gasteiger partial charge in [0.25, 0.3) is 0 Å². The van der Waals surface area contributed by atoms with E-state index >= 15 is 0 Å². The van der Waals surface area contributed by atoms with E-state index in [2.05, 4.69) is 27.4 Å². The molecule has 1 fully saturated rings. The van der Waals surface area contributed by atoms with Gasteiger partial charge in [-0.3, -0.25) is 14.6 Å². The molecule has 0 unspecified atom stereocenters. The third-order valence-electron chi connectivity index (χ3n) is 4.18. The van der Waals surface area contributed by atoms with Crippen LogP contribution in [0.5, 0.6) is 0 Å². The third-order valence-corrected chi connectivity index (χ3v) is 4.18. The van der Waals surface area contributed by atoms with Gasteiger partial charge in [0, 0.05) is 45.1 Å². The Morgan fingerprint density at radius 1 is 1.12 bits per heavy atom. The Hall–Kier alpha value is -1.79. The van der Waals surface area contributed by atoms with Gasteiger partial charge in [-0.05, 0) is 25.7 Å². The lowest BCUT2D eigenvalue weighted by Crippen LogP contribution is -2.48. The maximum atomic E-state index is 11.7. The molecule has 7 nitrogen and oxygen atoms in total. The molecule has 0 bridgehead atoms. The minimum absolute atomic E-state index is 0.0297. The van der Waals surface area contributed by atoms with E-state index in [4.69, 9.17) is 5.73 Å². The topological polar surface area (TPSA) is 99.8 Å². The van der Waals surface area contributed by atoms with Crippen LogP contribution in [0.1, 0.15) is 52.4 Å². The van der Waals surface area contributed by atoms with Crippen LogP contribution in [0.25, 0.3) is 0 Å².